The molecule has 0 aliphatic carbocycles. The molecule has 0 spiro atoms. The Hall–Kier alpha value is -1.21. The van der Waals surface area contributed by atoms with Crippen LogP contribution < -0.4 is 4.72 Å². The Morgan fingerprint density at radius 2 is 2.00 bits per heavy atom. The number of aryl methyl sites for hydroxylation is 2. The van der Waals surface area contributed by atoms with E-state index in [1.807, 2.05) is 23.8 Å². The van der Waals surface area contributed by atoms with Crippen molar-refractivity contribution in [2.45, 2.75) is 31.3 Å². The highest BCUT2D eigenvalue weighted by atomic mass is 32.2. The third-order valence-electron chi connectivity index (χ3n) is 3.38. The molecule has 1 atom stereocenters. The lowest BCUT2D eigenvalue weighted by Crippen LogP contribution is -2.38. The quantitative estimate of drug-likeness (QED) is 0.888. The van der Waals surface area contributed by atoms with E-state index in [2.05, 4.69) is 4.72 Å². The van der Waals surface area contributed by atoms with E-state index in [1.54, 1.807) is 32.0 Å². The van der Waals surface area contributed by atoms with Gasteiger partial charge in [0, 0.05) is 6.54 Å². The molecule has 0 saturated carbocycles. The standard InChI is InChI=1S/C15H19NO3S2/c1-11-4-5-12(2)14(8-11)21(18,19)16-10-15(3,17)13-6-7-20-9-13/h4-9,16-17H,10H2,1-3H3. The molecule has 2 N–H and O–H groups in total. The Kier molecular flexibility index (Phi) is 4.53. The van der Waals surface area contributed by atoms with Crippen molar-refractivity contribution in [3.63, 3.8) is 0 Å². The van der Waals surface area contributed by atoms with Gasteiger partial charge in [0.25, 0.3) is 0 Å². The molecule has 114 valence electrons. The van der Waals surface area contributed by atoms with E-state index < -0.39 is 15.6 Å². The van der Waals surface area contributed by atoms with Crippen LogP contribution in [0.15, 0.2) is 39.9 Å². The lowest BCUT2D eigenvalue weighted by atomic mass is 10.0. The minimum atomic E-state index is -3.64. The van der Waals surface area contributed by atoms with Crippen LogP contribution in [0.25, 0.3) is 0 Å². The van der Waals surface area contributed by atoms with Gasteiger partial charge in [0.1, 0.15) is 5.60 Å². The van der Waals surface area contributed by atoms with Crippen LogP contribution in [0.1, 0.15) is 23.6 Å². The average Bonchev–Trinajstić information content (AvgIpc) is 2.94. The molecule has 0 aliphatic rings. The van der Waals surface area contributed by atoms with E-state index in [-0.39, 0.29) is 11.4 Å². The van der Waals surface area contributed by atoms with E-state index in [0.717, 1.165) is 5.56 Å². The SMILES string of the molecule is Cc1ccc(C)c(S(=O)(=O)NCC(C)(O)c2ccsc2)c1. The first-order chi connectivity index (χ1) is 9.72. The third kappa shape index (κ3) is 3.71. The van der Waals surface area contributed by atoms with Gasteiger partial charge < -0.3 is 5.11 Å². The van der Waals surface area contributed by atoms with E-state index in [0.29, 0.717) is 11.1 Å². The van der Waals surface area contributed by atoms with Gasteiger partial charge >= 0.3 is 0 Å². The van der Waals surface area contributed by atoms with E-state index in [1.165, 1.54) is 11.3 Å². The summed E-state index contributed by atoms with van der Waals surface area (Å²) in [5.74, 6) is 0. The highest BCUT2D eigenvalue weighted by Crippen LogP contribution is 2.23. The third-order valence-corrected chi connectivity index (χ3v) is 5.61. The first-order valence-corrected chi connectivity index (χ1v) is 8.97. The summed E-state index contributed by atoms with van der Waals surface area (Å²) in [6.07, 6.45) is 0. The number of aliphatic hydroxyl groups is 1. The Labute approximate surface area is 129 Å². The zero-order valence-corrected chi connectivity index (χ0v) is 13.9. The van der Waals surface area contributed by atoms with Gasteiger partial charge in [-0.25, -0.2) is 13.1 Å². The molecule has 1 heterocycles. The average molecular weight is 325 g/mol. The summed E-state index contributed by atoms with van der Waals surface area (Å²) in [4.78, 5) is 0.253. The van der Waals surface area contributed by atoms with Crippen molar-refractivity contribution in [3.8, 4) is 0 Å². The van der Waals surface area contributed by atoms with Crippen molar-refractivity contribution in [1.29, 1.82) is 0 Å². The van der Waals surface area contributed by atoms with Gasteiger partial charge in [0.15, 0.2) is 0 Å². The normalized spacial score (nSPS) is 14.9. The van der Waals surface area contributed by atoms with Gasteiger partial charge in [-0.05, 0) is 60.4 Å². The Morgan fingerprint density at radius 3 is 2.62 bits per heavy atom. The molecule has 0 radical (unpaired) electrons. The molecule has 21 heavy (non-hydrogen) atoms. The molecule has 2 aromatic rings. The summed E-state index contributed by atoms with van der Waals surface area (Å²) in [6.45, 7) is 5.13. The van der Waals surface area contributed by atoms with Crippen LogP contribution in [0.5, 0.6) is 0 Å². The van der Waals surface area contributed by atoms with Gasteiger partial charge in [-0.1, -0.05) is 12.1 Å². The maximum absolute atomic E-state index is 12.4. The second-order valence-electron chi connectivity index (χ2n) is 5.38. The summed E-state index contributed by atoms with van der Waals surface area (Å²) in [5, 5.41) is 14.1. The Morgan fingerprint density at radius 1 is 1.29 bits per heavy atom. The van der Waals surface area contributed by atoms with Crippen LogP contribution in [0, 0.1) is 13.8 Å². The van der Waals surface area contributed by atoms with E-state index in [9.17, 15) is 13.5 Å². The zero-order valence-electron chi connectivity index (χ0n) is 12.3. The topological polar surface area (TPSA) is 66.4 Å². The summed E-state index contributed by atoms with van der Waals surface area (Å²) in [5.41, 5.74) is 1.04. The summed E-state index contributed by atoms with van der Waals surface area (Å²) in [6, 6.07) is 7.07. The number of hydrogen-bond donors (Lipinski definition) is 2. The molecular weight excluding hydrogens is 306 g/mol. The van der Waals surface area contributed by atoms with E-state index in [4.69, 9.17) is 0 Å². The number of hydrogen-bond acceptors (Lipinski definition) is 4. The van der Waals surface area contributed by atoms with E-state index >= 15 is 0 Å². The van der Waals surface area contributed by atoms with Gasteiger partial charge in [0.05, 0.1) is 4.90 Å². The summed E-state index contributed by atoms with van der Waals surface area (Å²) >= 11 is 1.46. The zero-order chi connectivity index (χ0) is 15.7. The second-order valence-corrected chi connectivity index (χ2v) is 7.89. The van der Waals surface area contributed by atoms with Crippen LogP contribution in [0.2, 0.25) is 0 Å². The summed E-state index contributed by atoms with van der Waals surface area (Å²) < 4.78 is 27.3. The molecule has 1 unspecified atom stereocenters. The fourth-order valence-electron chi connectivity index (χ4n) is 1.98. The van der Waals surface area contributed by atoms with Crippen LogP contribution in [-0.2, 0) is 15.6 Å². The van der Waals surface area contributed by atoms with Crippen LogP contribution in [0.3, 0.4) is 0 Å². The summed E-state index contributed by atoms with van der Waals surface area (Å²) in [7, 11) is -3.64. The lowest BCUT2D eigenvalue weighted by molar-refractivity contribution is 0.0632. The molecule has 0 amide bonds. The van der Waals surface area contributed by atoms with Crippen molar-refractivity contribution in [2.75, 3.05) is 6.54 Å². The Bertz CT molecular complexity index is 719. The molecule has 0 fully saturated rings. The van der Waals surface area contributed by atoms with Crippen LogP contribution in [0.4, 0.5) is 0 Å². The molecule has 2 rings (SSSR count). The fraction of sp³-hybridized carbons (Fsp3) is 0.333. The molecule has 1 aromatic carbocycles. The van der Waals surface area contributed by atoms with Crippen LogP contribution >= 0.6 is 11.3 Å². The molecule has 1 aromatic heterocycles. The molecule has 0 saturated heterocycles. The maximum Gasteiger partial charge on any atom is 0.240 e. The van der Waals surface area contributed by atoms with Gasteiger partial charge in [0.2, 0.25) is 10.0 Å². The minimum Gasteiger partial charge on any atom is -0.384 e. The minimum absolute atomic E-state index is 0.0700. The highest BCUT2D eigenvalue weighted by Gasteiger charge is 2.27. The molecule has 0 aliphatic heterocycles. The predicted octanol–water partition coefficient (Wildman–Crippen LogP) is 2.55. The first-order valence-electron chi connectivity index (χ1n) is 6.54. The van der Waals surface area contributed by atoms with Gasteiger partial charge in [-0.2, -0.15) is 11.3 Å². The maximum atomic E-state index is 12.4. The number of rotatable bonds is 5. The first kappa shape index (κ1) is 16.2. The molecule has 6 heteroatoms. The van der Waals surface area contributed by atoms with Crippen LogP contribution in [-0.4, -0.2) is 20.1 Å². The number of thiophene rings is 1. The van der Waals surface area contributed by atoms with Crippen molar-refractivity contribution < 1.29 is 13.5 Å². The largest absolute Gasteiger partial charge is 0.384 e. The number of sulfonamides is 1. The molecule has 0 bridgehead atoms. The Balaban J connectivity index is 2.21. The number of nitrogens with one attached hydrogen (secondary N) is 1. The monoisotopic (exact) mass is 325 g/mol. The highest BCUT2D eigenvalue weighted by molar-refractivity contribution is 7.89. The smallest absolute Gasteiger partial charge is 0.240 e. The van der Waals surface area contributed by atoms with Gasteiger partial charge in [-0.15, -0.1) is 0 Å². The van der Waals surface area contributed by atoms with Crippen molar-refractivity contribution in [3.05, 3.63) is 51.7 Å². The van der Waals surface area contributed by atoms with Gasteiger partial charge in [-0.3, -0.25) is 0 Å². The van der Waals surface area contributed by atoms with Crippen molar-refractivity contribution >= 4 is 21.4 Å². The fourth-order valence-corrected chi connectivity index (χ4v) is 4.23. The molecule has 4 nitrogen and oxygen atoms in total. The number of benzene rings is 1. The lowest BCUT2D eigenvalue weighted by Gasteiger charge is -2.23. The van der Waals surface area contributed by atoms with Crippen molar-refractivity contribution in [1.82, 2.24) is 4.72 Å². The molecular formula is C15H19NO3S2. The second kappa shape index (κ2) is 5.88. The van der Waals surface area contributed by atoms with Crippen molar-refractivity contribution in [2.24, 2.45) is 0 Å². The predicted molar refractivity (Wildman–Crippen MR) is 85.0 cm³/mol.